The second kappa shape index (κ2) is 4.86. The SMILES string of the molecule is Cn1cc(-c2cccc3c2C2(COC(N)=N2)c2ccccc2O3)cn1. The number of benzene rings is 2. The normalized spacial score (nSPS) is 20.4. The molecule has 5 rings (SSSR count). The summed E-state index contributed by atoms with van der Waals surface area (Å²) in [4.78, 5) is 4.72. The van der Waals surface area contributed by atoms with Gasteiger partial charge in [0.05, 0.1) is 6.20 Å². The molecule has 0 amide bonds. The highest BCUT2D eigenvalue weighted by Gasteiger charge is 2.48. The van der Waals surface area contributed by atoms with Crippen LogP contribution in [0.3, 0.4) is 0 Å². The summed E-state index contributed by atoms with van der Waals surface area (Å²) in [5.41, 5.74) is 9.15. The average molecular weight is 332 g/mol. The van der Waals surface area contributed by atoms with E-state index in [1.807, 2.05) is 55.8 Å². The zero-order valence-corrected chi connectivity index (χ0v) is 13.6. The third-order valence-electron chi connectivity index (χ3n) is 4.74. The minimum absolute atomic E-state index is 0.198. The first-order chi connectivity index (χ1) is 12.2. The zero-order valence-electron chi connectivity index (χ0n) is 13.6. The van der Waals surface area contributed by atoms with E-state index in [2.05, 4.69) is 11.2 Å². The van der Waals surface area contributed by atoms with Gasteiger partial charge >= 0.3 is 0 Å². The first-order valence-corrected chi connectivity index (χ1v) is 8.05. The van der Waals surface area contributed by atoms with Crippen LogP contribution in [-0.4, -0.2) is 22.4 Å². The molecule has 6 nitrogen and oxygen atoms in total. The predicted octanol–water partition coefficient (Wildman–Crippen LogP) is 2.78. The number of rotatable bonds is 1. The van der Waals surface area contributed by atoms with Gasteiger partial charge in [-0.25, -0.2) is 4.99 Å². The Morgan fingerprint density at radius 1 is 1.12 bits per heavy atom. The minimum atomic E-state index is -0.708. The van der Waals surface area contributed by atoms with E-state index in [0.29, 0.717) is 6.61 Å². The lowest BCUT2D eigenvalue weighted by atomic mass is 9.78. The van der Waals surface area contributed by atoms with Gasteiger partial charge in [0.1, 0.15) is 18.1 Å². The Balaban J connectivity index is 1.84. The standard InChI is InChI=1S/C19H16N4O2/c1-23-10-12(9-21-23)13-5-4-8-16-17(13)19(11-24-18(20)22-19)14-6-2-3-7-15(14)25-16/h2-10H,11H2,1H3,(H2,20,22). The molecule has 2 N–H and O–H groups in total. The van der Waals surface area contributed by atoms with Crippen LogP contribution in [0.5, 0.6) is 11.5 Å². The lowest BCUT2D eigenvalue weighted by Gasteiger charge is -2.34. The van der Waals surface area contributed by atoms with Gasteiger partial charge in [-0.1, -0.05) is 30.3 Å². The fourth-order valence-corrected chi connectivity index (χ4v) is 3.69. The highest BCUT2D eigenvalue weighted by molar-refractivity contribution is 5.80. The van der Waals surface area contributed by atoms with Gasteiger partial charge in [-0.3, -0.25) is 4.68 Å². The molecule has 2 aliphatic heterocycles. The molecule has 124 valence electrons. The van der Waals surface area contributed by atoms with Crippen molar-refractivity contribution in [3.8, 4) is 22.6 Å². The summed E-state index contributed by atoms with van der Waals surface area (Å²) in [5, 5.41) is 4.30. The molecule has 3 aromatic rings. The topological polar surface area (TPSA) is 74.7 Å². The third kappa shape index (κ3) is 1.91. The molecule has 0 bridgehead atoms. The molecule has 6 heteroatoms. The summed E-state index contributed by atoms with van der Waals surface area (Å²) in [5.74, 6) is 1.54. The Morgan fingerprint density at radius 2 is 1.96 bits per heavy atom. The highest BCUT2D eigenvalue weighted by atomic mass is 16.5. The van der Waals surface area contributed by atoms with Crippen molar-refractivity contribution >= 4 is 6.02 Å². The van der Waals surface area contributed by atoms with Gasteiger partial charge in [0.25, 0.3) is 6.02 Å². The number of amidine groups is 1. The van der Waals surface area contributed by atoms with Crippen molar-refractivity contribution in [2.75, 3.05) is 6.61 Å². The second-order valence-corrected chi connectivity index (χ2v) is 6.28. The molecular formula is C19H16N4O2. The quantitative estimate of drug-likeness (QED) is 0.743. The fraction of sp³-hybridized carbons (Fsp3) is 0.158. The number of hydrogen-bond donors (Lipinski definition) is 1. The van der Waals surface area contributed by atoms with E-state index in [1.54, 1.807) is 4.68 Å². The van der Waals surface area contributed by atoms with Crippen molar-refractivity contribution in [2.24, 2.45) is 17.8 Å². The number of aromatic nitrogens is 2. The predicted molar refractivity (Wildman–Crippen MR) is 93.5 cm³/mol. The molecule has 0 radical (unpaired) electrons. The number of fused-ring (bicyclic) bond motifs is 4. The van der Waals surface area contributed by atoms with Crippen molar-refractivity contribution in [3.05, 3.63) is 66.0 Å². The molecule has 3 heterocycles. The van der Waals surface area contributed by atoms with Crippen molar-refractivity contribution < 1.29 is 9.47 Å². The molecule has 2 aromatic carbocycles. The Labute approximate surface area is 144 Å². The monoisotopic (exact) mass is 332 g/mol. The summed E-state index contributed by atoms with van der Waals surface area (Å²) >= 11 is 0. The maximum Gasteiger partial charge on any atom is 0.283 e. The number of nitrogens with zero attached hydrogens (tertiary/aromatic N) is 3. The Kier molecular flexibility index (Phi) is 2.74. The molecule has 0 saturated heterocycles. The number of hydrogen-bond acceptors (Lipinski definition) is 5. The highest BCUT2D eigenvalue weighted by Crippen LogP contribution is 2.53. The molecule has 25 heavy (non-hydrogen) atoms. The maximum atomic E-state index is 6.18. The van der Waals surface area contributed by atoms with Crippen LogP contribution in [0, 0.1) is 0 Å². The molecular weight excluding hydrogens is 316 g/mol. The van der Waals surface area contributed by atoms with Gasteiger partial charge in [0.2, 0.25) is 0 Å². The van der Waals surface area contributed by atoms with Crippen LogP contribution < -0.4 is 10.5 Å². The van der Waals surface area contributed by atoms with Crippen LogP contribution in [0.1, 0.15) is 11.1 Å². The lowest BCUT2D eigenvalue weighted by molar-refractivity contribution is 0.265. The van der Waals surface area contributed by atoms with Crippen LogP contribution in [0.25, 0.3) is 11.1 Å². The Bertz CT molecular complexity index is 1020. The van der Waals surface area contributed by atoms with E-state index >= 15 is 0 Å². The number of para-hydroxylation sites is 1. The van der Waals surface area contributed by atoms with Crippen LogP contribution in [-0.2, 0) is 17.3 Å². The summed E-state index contributed by atoms with van der Waals surface area (Å²) in [6.07, 6.45) is 3.82. The third-order valence-corrected chi connectivity index (χ3v) is 4.74. The fourth-order valence-electron chi connectivity index (χ4n) is 3.69. The van der Waals surface area contributed by atoms with Crippen LogP contribution >= 0.6 is 0 Å². The summed E-state index contributed by atoms with van der Waals surface area (Å²) in [7, 11) is 1.90. The average Bonchev–Trinajstić information content (AvgIpc) is 3.22. The van der Waals surface area contributed by atoms with Gasteiger partial charge in [-0.15, -0.1) is 0 Å². The number of nitrogens with two attached hydrogens (primary N) is 1. The minimum Gasteiger partial charge on any atom is -0.462 e. The van der Waals surface area contributed by atoms with Crippen LogP contribution in [0.4, 0.5) is 0 Å². The Hall–Kier alpha value is -3.28. The Morgan fingerprint density at radius 3 is 2.72 bits per heavy atom. The molecule has 0 fully saturated rings. The maximum absolute atomic E-state index is 6.18. The summed E-state index contributed by atoms with van der Waals surface area (Å²) in [6.45, 7) is 0.351. The summed E-state index contributed by atoms with van der Waals surface area (Å²) < 4.78 is 13.6. The first-order valence-electron chi connectivity index (χ1n) is 8.05. The zero-order chi connectivity index (χ0) is 17.0. The molecule has 1 aromatic heterocycles. The number of ether oxygens (including phenoxy) is 2. The van der Waals surface area contributed by atoms with Crippen molar-refractivity contribution in [3.63, 3.8) is 0 Å². The molecule has 0 saturated carbocycles. The summed E-state index contributed by atoms with van der Waals surface area (Å²) in [6, 6.07) is 14.1. The van der Waals surface area contributed by atoms with Gasteiger partial charge in [-0.05, 0) is 17.7 Å². The van der Waals surface area contributed by atoms with E-state index < -0.39 is 5.54 Å². The van der Waals surface area contributed by atoms with Crippen LogP contribution in [0.2, 0.25) is 0 Å². The smallest absolute Gasteiger partial charge is 0.283 e. The molecule has 1 unspecified atom stereocenters. The number of aryl methyl sites for hydroxylation is 1. The lowest BCUT2D eigenvalue weighted by Crippen LogP contribution is -2.31. The molecule has 0 aliphatic carbocycles. The van der Waals surface area contributed by atoms with Gasteiger partial charge in [0.15, 0.2) is 5.54 Å². The second-order valence-electron chi connectivity index (χ2n) is 6.28. The van der Waals surface area contributed by atoms with Crippen molar-refractivity contribution in [2.45, 2.75) is 5.54 Å². The molecule has 1 spiro atoms. The largest absolute Gasteiger partial charge is 0.462 e. The number of aliphatic imine (C=N–C) groups is 1. The molecule has 2 aliphatic rings. The van der Waals surface area contributed by atoms with E-state index in [0.717, 1.165) is 33.8 Å². The van der Waals surface area contributed by atoms with Gasteiger partial charge in [-0.2, -0.15) is 5.10 Å². The first kappa shape index (κ1) is 14.1. The van der Waals surface area contributed by atoms with Gasteiger partial charge < -0.3 is 15.2 Å². The van der Waals surface area contributed by atoms with Gasteiger partial charge in [0, 0.05) is 29.9 Å². The molecule has 1 atom stereocenters. The van der Waals surface area contributed by atoms with E-state index in [-0.39, 0.29) is 6.02 Å². The van der Waals surface area contributed by atoms with Crippen LogP contribution in [0.15, 0.2) is 59.9 Å². The van der Waals surface area contributed by atoms with E-state index in [1.165, 1.54) is 0 Å². The van der Waals surface area contributed by atoms with Crippen molar-refractivity contribution in [1.82, 2.24) is 9.78 Å². The van der Waals surface area contributed by atoms with Crippen molar-refractivity contribution in [1.29, 1.82) is 0 Å². The van der Waals surface area contributed by atoms with E-state index in [4.69, 9.17) is 20.2 Å². The van der Waals surface area contributed by atoms with E-state index in [9.17, 15) is 0 Å².